The van der Waals surface area contributed by atoms with Crippen molar-refractivity contribution < 1.29 is 19.1 Å². The molecule has 0 heterocycles. The van der Waals surface area contributed by atoms with Crippen LogP contribution in [0.25, 0.3) is 16.8 Å². The minimum absolute atomic E-state index is 0.143. The van der Waals surface area contributed by atoms with Crippen molar-refractivity contribution in [3.63, 3.8) is 0 Å². The smallest absolute Gasteiger partial charge is 0.348 e. The molecule has 0 aliphatic rings. The lowest BCUT2D eigenvalue weighted by molar-refractivity contribution is -0.135. The highest BCUT2D eigenvalue weighted by molar-refractivity contribution is 6.05. The highest BCUT2D eigenvalue weighted by Gasteiger charge is 2.13. The zero-order chi connectivity index (χ0) is 19.2. The van der Waals surface area contributed by atoms with E-state index >= 15 is 0 Å². The van der Waals surface area contributed by atoms with Gasteiger partial charge in [-0.2, -0.15) is 5.26 Å². The van der Waals surface area contributed by atoms with Crippen molar-refractivity contribution in [2.24, 2.45) is 0 Å². The van der Waals surface area contributed by atoms with Gasteiger partial charge in [0, 0.05) is 0 Å². The molecule has 132 valence electrons. The number of fused-ring (bicyclic) bond motifs is 1. The van der Waals surface area contributed by atoms with Crippen molar-refractivity contribution in [2.45, 2.75) is 0 Å². The van der Waals surface area contributed by atoms with Crippen LogP contribution < -0.4 is 4.74 Å². The summed E-state index contributed by atoms with van der Waals surface area (Å²) in [5.74, 6) is -0.902. The summed E-state index contributed by atoms with van der Waals surface area (Å²) in [5.41, 5.74) is 0.858. The number of hydrogen-bond donors (Lipinski definition) is 0. The predicted molar refractivity (Wildman–Crippen MR) is 101 cm³/mol. The molecule has 3 rings (SSSR count). The van der Waals surface area contributed by atoms with Crippen LogP contribution in [-0.4, -0.2) is 19.0 Å². The van der Waals surface area contributed by atoms with E-state index < -0.39 is 11.9 Å². The van der Waals surface area contributed by atoms with E-state index in [0.29, 0.717) is 16.9 Å². The lowest BCUT2D eigenvalue weighted by Crippen LogP contribution is -2.09. The van der Waals surface area contributed by atoms with Crippen LogP contribution in [0.3, 0.4) is 0 Å². The van der Waals surface area contributed by atoms with Crippen LogP contribution in [0.1, 0.15) is 15.9 Å². The van der Waals surface area contributed by atoms with Crippen LogP contribution in [-0.2, 0) is 9.53 Å². The molecular weight excluding hydrogens is 342 g/mol. The zero-order valence-corrected chi connectivity index (χ0v) is 14.5. The molecule has 0 fully saturated rings. The monoisotopic (exact) mass is 357 g/mol. The number of carbonyl (C=O) groups excluding carboxylic acids is 2. The van der Waals surface area contributed by atoms with Gasteiger partial charge in [-0.05, 0) is 40.6 Å². The molecule has 0 saturated carbocycles. The molecule has 3 aromatic rings. The van der Waals surface area contributed by atoms with Crippen molar-refractivity contribution in [2.75, 3.05) is 7.11 Å². The molecule has 5 nitrogen and oxygen atoms in total. The molecule has 0 bridgehead atoms. The van der Waals surface area contributed by atoms with E-state index in [4.69, 9.17) is 10.00 Å². The predicted octanol–water partition coefficient (Wildman–Crippen LogP) is 4.14. The van der Waals surface area contributed by atoms with Gasteiger partial charge in [0.1, 0.15) is 17.4 Å². The van der Waals surface area contributed by atoms with E-state index in [2.05, 4.69) is 4.74 Å². The van der Waals surface area contributed by atoms with E-state index in [1.807, 2.05) is 30.3 Å². The maximum atomic E-state index is 12.6. The lowest BCUT2D eigenvalue weighted by Gasteiger charge is -2.08. The molecule has 0 spiro atoms. The van der Waals surface area contributed by atoms with Crippen molar-refractivity contribution >= 4 is 28.8 Å². The summed E-state index contributed by atoms with van der Waals surface area (Å²) in [6.07, 6.45) is 1.38. The average Bonchev–Trinajstić information content (AvgIpc) is 2.71. The Morgan fingerprint density at radius 1 is 1.00 bits per heavy atom. The van der Waals surface area contributed by atoms with Crippen LogP contribution in [0.5, 0.6) is 5.75 Å². The van der Waals surface area contributed by atoms with Gasteiger partial charge in [-0.3, -0.25) is 0 Å². The summed E-state index contributed by atoms with van der Waals surface area (Å²) in [4.78, 5) is 24.1. The van der Waals surface area contributed by atoms with E-state index in [-0.39, 0.29) is 5.57 Å². The van der Waals surface area contributed by atoms with Crippen LogP contribution >= 0.6 is 0 Å². The van der Waals surface area contributed by atoms with E-state index in [0.717, 1.165) is 10.8 Å². The number of benzene rings is 3. The Morgan fingerprint density at radius 2 is 1.74 bits per heavy atom. The minimum Gasteiger partial charge on any atom is -0.465 e. The van der Waals surface area contributed by atoms with Gasteiger partial charge in [0.05, 0.1) is 12.7 Å². The number of methoxy groups -OCH3 is 1. The number of ether oxygens (including phenoxy) is 2. The summed E-state index contributed by atoms with van der Waals surface area (Å²) < 4.78 is 10.0. The summed E-state index contributed by atoms with van der Waals surface area (Å²) in [6, 6.07) is 21.3. The number of hydrogen-bond acceptors (Lipinski definition) is 5. The van der Waals surface area contributed by atoms with Crippen LogP contribution in [0.15, 0.2) is 72.3 Å². The van der Waals surface area contributed by atoms with Gasteiger partial charge < -0.3 is 9.47 Å². The molecule has 0 aromatic heterocycles. The van der Waals surface area contributed by atoms with E-state index in [1.54, 1.807) is 42.5 Å². The Kier molecular flexibility index (Phi) is 5.29. The molecule has 0 unspecified atom stereocenters. The minimum atomic E-state index is -0.726. The van der Waals surface area contributed by atoms with E-state index in [1.165, 1.54) is 13.2 Å². The Balaban J connectivity index is 1.88. The molecule has 5 heteroatoms. The molecule has 0 atom stereocenters. The largest absolute Gasteiger partial charge is 0.465 e. The molecule has 0 amide bonds. The summed E-state index contributed by atoms with van der Waals surface area (Å²) >= 11 is 0. The summed E-state index contributed by atoms with van der Waals surface area (Å²) in [5, 5.41) is 10.8. The zero-order valence-electron chi connectivity index (χ0n) is 14.5. The average molecular weight is 357 g/mol. The van der Waals surface area contributed by atoms with Crippen LogP contribution in [0.4, 0.5) is 0 Å². The molecule has 0 aliphatic heterocycles. The molecule has 3 aromatic carbocycles. The molecule has 27 heavy (non-hydrogen) atoms. The number of nitrogens with zero attached hydrogens (tertiary/aromatic N) is 1. The third kappa shape index (κ3) is 4.02. The van der Waals surface area contributed by atoms with Gasteiger partial charge in [-0.1, -0.05) is 48.5 Å². The first-order chi connectivity index (χ1) is 13.1. The van der Waals surface area contributed by atoms with Crippen LogP contribution in [0, 0.1) is 11.3 Å². The summed E-state index contributed by atoms with van der Waals surface area (Å²) in [6.45, 7) is 0. The topological polar surface area (TPSA) is 76.4 Å². The van der Waals surface area contributed by atoms with Gasteiger partial charge in [0.15, 0.2) is 0 Å². The fourth-order valence-corrected chi connectivity index (χ4v) is 2.65. The highest BCUT2D eigenvalue weighted by Crippen LogP contribution is 2.22. The fraction of sp³-hybridized carbons (Fsp3) is 0.0455. The van der Waals surface area contributed by atoms with Crippen LogP contribution in [0.2, 0.25) is 0 Å². The Hall–Kier alpha value is -3.91. The number of carbonyl (C=O) groups is 2. The highest BCUT2D eigenvalue weighted by atomic mass is 16.5. The third-order valence-corrected chi connectivity index (χ3v) is 3.91. The standard InChI is InChI=1S/C22H15NO4/c1-26-21(24)17(14-23)12-15-6-4-9-18(13-15)27-22(25)20-11-5-8-16-7-2-3-10-19(16)20/h2-13H,1H3/b17-12+. The SMILES string of the molecule is COC(=O)/C(C#N)=C/c1cccc(OC(=O)c2cccc3ccccc23)c1. The Morgan fingerprint density at radius 3 is 2.52 bits per heavy atom. The second-order valence-corrected chi connectivity index (χ2v) is 5.65. The molecule has 0 aliphatic carbocycles. The van der Waals surface area contributed by atoms with Crippen molar-refractivity contribution in [1.29, 1.82) is 5.26 Å². The fourth-order valence-electron chi connectivity index (χ4n) is 2.65. The first kappa shape index (κ1) is 17.9. The maximum absolute atomic E-state index is 12.6. The third-order valence-electron chi connectivity index (χ3n) is 3.91. The molecule has 0 radical (unpaired) electrons. The van der Waals surface area contributed by atoms with Gasteiger partial charge in [0.2, 0.25) is 0 Å². The van der Waals surface area contributed by atoms with Crippen molar-refractivity contribution in [1.82, 2.24) is 0 Å². The van der Waals surface area contributed by atoms with Gasteiger partial charge in [-0.25, -0.2) is 9.59 Å². The lowest BCUT2D eigenvalue weighted by atomic mass is 10.0. The second kappa shape index (κ2) is 7.98. The summed E-state index contributed by atoms with van der Waals surface area (Å²) in [7, 11) is 1.20. The first-order valence-corrected chi connectivity index (χ1v) is 8.12. The first-order valence-electron chi connectivity index (χ1n) is 8.12. The van der Waals surface area contributed by atoms with Gasteiger partial charge in [-0.15, -0.1) is 0 Å². The molecular formula is C22H15NO4. The second-order valence-electron chi connectivity index (χ2n) is 5.65. The number of esters is 2. The molecule has 0 saturated heterocycles. The quantitative estimate of drug-likeness (QED) is 0.304. The van der Waals surface area contributed by atoms with Gasteiger partial charge in [0.25, 0.3) is 0 Å². The number of rotatable bonds is 4. The van der Waals surface area contributed by atoms with Crippen molar-refractivity contribution in [3.8, 4) is 11.8 Å². The van der Waals surface area contributed by atoms with E-state index in [9.17, 15) is 9.59 Å². The normalized spacial score (nSPS) is 10.9. The molecule has 0 N–H and O–H groups in total. The maximum Gasteiger partial charge on any atom is 0.348 e. The van der Waals surface area contributed by atoms with Crippen molar-refractivity contribution in [3.05, 3.63) is 83.4 Å². The number of nitriles is 1. The Bertz CT molecular complexity index is 1090. The van der Waals surface area contributed by atoms with Gasteiger partial charge >= 0.3 is 11.9 Å². The Labute approximate surface area is 156 Å².